The molecule has 0 heterocycles. The van der Waals surface area contributed by atoms with E-state index in [-0.39, 0.29) is 0 Å². The summed E-state index contributed by atoms with van der Waals surface area (Å²) in [7, 11) is 0. The van der Waals surface area contributed by atoms with Gasteiger partial charge in [0.15, 0.2) is 0 Å². The van der Waals surface area contributed by atoms with Gasteiger partial charge >= 0.3 is 0 Å². The molecule has 0 fully saturated rings. The van der Waals surface area contributed by atoms with Gasteiger partial charge in [-0.05, 0) is 49.0 Å². The Hall–Kier alpha value is 0.180. The van der Waals surface area contributed by atoms with Gasteiger partial charge in [0.05, 0.1) is 0 Å². The van der Waals surface area contributed by atoms with E-state index in [9.17, 15) is 0 Å². The van der Waals surface area contributed by atoms with Gasteiger partial charge < -0.3 is 0 Å². The fraction of sp³-hybridized carbons (Fsp3) is 0.833. The van der Waals surface area contributed by atoms with Crippen LogP contribution >= 0.6 is 23.5 Å². The number of allylic oxidation sites excluding steroid dienone is 2. The monoisotopic (exact) mass is 400 g/mol. The molecule has 0 bridgehead atoms. The van der Waals surface area contributed by atoms with Gasteiger partial charge in [0.2, 0.25) is 0 Å². The van der Waals surface area contributed by atoms with Gasteiger partial charge in [0, 0.05) is 9.49 Å². The minimum atomic E-state index is 0.380. The quantitative estimate of drug-likeness (QED) is 0.265. The number of thioether (sulfide) groups is 2. The van der Waals surface area contributed by atoms with Crippen LogP contribution < -0.4 is 0 Å². The molecular formula is C24H48S2. The van der Waals surface area contributed by atoms with Crippen LogP contribution in [0.15, 0.2) is 24.3 Å². The highest BCUT2D eigenvalue weighted by Crippen LogP contribution is 2.35. The highest BCUT2D eigenvalue weighted by atomic mass is 32.2. The molecule has 0 radical (unpaired) electrons. The van der Waals surface area contributed by atoms with Crippen LogP contribution in [0.2, 0.25) is 0 Å². The SMILES string of the molecule is C=C(CC)CC(C)(C)CSC(C)(C)C.C=C(CC)CCCSC(C)(C)C. The first kappa shape index (κ1) is 28.4. The van der Waals surface area contributed by atoms with E-state index in [1.165, 1.54) is 35.5 Å². The molecule has 0 saturated heterocycles. The number of hydrogen-bond acceptors (Lipinski definition) is 2. The van der Waals surface area contributed by atoms with Crippen molar-refractivity contribution in [3.63, 3.8) is 0 Å². The molecule has 0 rings (SSSR count). The molecular weight excluding hydrogens is 352 g/mol. The standard InChI is InChI=1S/C13H26S.C11H22S/c1-8-11(2)9-13(6,7)10-14-12(3,4)5;1-6-10(2)8-7-9-12-11(3,4)5/h2,8-10H2,1,3-7H3;2,6-9H2,1,3-5H3. The van der Waals surface area contributed by atoms with Crippen molar-refractivity contribution in [3.05, 3.63) is 24.3 Å². The normalized spacial score (nSPS) is 12.4. The van der Waals surface area contributed by atoms with Crippen molar-refractivity contribution in [2.75, 3.05) is 11.5 Å². The smallest absolute Gasteiger partial charge is 0.00753 e. The summed E-state index contributed by atoms with van der Waals surface area (Å²) in [5.41, 5.74) is 3.17. The maximum Gasteiger partial charge on any atom is 0.00753 e. The Bertz CT molecular complexity index is 391. The van der Waals surface area contributed by atoms with Gasteiger partial charge in [-0.2, -0.15) is 23.5 Å². The summed E-state index contributed by atoms with van der Waals surface area (Å²) < 4.78 is 0.804. The van der Waals surface area contributed by atoms with Crippen molar-refractivity contribution in [1.82, 2.24) is 0 Å². The summed E-state index contributed by atoms with van der Waals surface area (Å²) in [6.07, 6.45) is 5.91. The van der Waals surface area contributed by atoms with E-state index in [2.05, 4.69) is 94.2 Å². The third kappa shape index (κ3) is 22.2. The van der Waals surface area contributed by atoms with E-state index in [1.807, 2.05) is 11.8 Å². The Morgan fingerprint density at radius 3 is 1.58 bits per heavy atom. The summed E-state index contributed by atoms with van der Waals surface area (Å²) in [5, 5.41) is 0. The average molecular weight is 401 g/mol. The molecule has 0 aromatic carbocycles. The summed E-state index contributed by atoms with van der Waals surface area (Å²) in [4.78, 5) is 0. The van der Waals surface area contributed by atoms with Crippen LogP contribution in [-0.2, 0) is 0 Å². The van der Waals surface area contributed by atoms with Crippen molar-refractivity contribution in [3.8, 4) is 0 Å². The molecule has 26 heavy (non-hydrogen) atoms. The van der Waals surface area contributed by atoms with Crippen molar-refractivity contribution < 1.29 is 0 Å². The minimum absolute atomic E-state index is 0.380. The predicted molar refractivity (Wildman–Crippen MR) is 131 cm³/mol. The van der Waals surface area contributed by atoms with Crippen LogP contribution in [0.5, 0.6) is 0 Å². The fourth-order valence-electron chi connectivity index (χ4n) is 2.14. The Morgan fingerprint density at radius 2 is 1.19 bits per heavy atom. The molecule has 0 aliphatic heterocycles. The Balaban J connectivity index is 0. The number of rotatable bonds is 10. The molecule has 0 N–H and O–H groups in total. The third-order valence-corrected chi connectivity index (χ3v) is 6.98. The van der Waals surface area contributed by atoms with Crippen LogP contribution in [0.4, 0.5) is 0 Å². The van der Waals surface area contributed by atoms with Crippen molar-refractivity contribution in [2.45, 2.75) is 111 Å². The lowest BCUT2D eigenvalue weighted by Gasteiger charge is -2.29. The lowest BCUT2D eigenvalue weighted by molar-refractivity contribution is 0.415. The van der Waals surface area contributed by atoms with Gasteiger partial charge in [-0.15, -0.1) is 0 Å². The van der Waals surface area contributed by atoms with Gasteiger partial charge in [-0.3, -0.25) is 0 Å². The maximum atomic E-state index is 4.09. The first-order valence-electron chi connectivity index (χ1n) is 10.2. The van der Waals surface area contributed by atoms with E-state index in [1.54, 1.807) is 0 Å². The topological polar surface area (TPSA) is 0 Å². The maximum absolute atomic E-state index is 4.09. The van der Waals surface area contributed by atoms with E-state index >= 15 is 0 Å². The van der Waals surface area contributed by atoms with Crippen molar-refractivity contribution in [1.29, 1.82) is 0 Å². The first-order chi connectivity index (χ1) is 11.6. The molecule has 0 aromatic heterocycles. The van der Waals surface area contributed by atoms with E-state index in [0.29, 0.717) is 14.9 Å². The minimum Gasteiger partial charge on any atom is -0.156 e. The first-order valence-corrected chi connectivity index (χ1v) is 12.2. The molecule has 0 unspecified atom stereocenters. The zero-order valence-corrected chi connectivity index (χ0v) is 21.3. The van der Waals surface area contributed by atoms with Gasteiger partial charge in [0.1, 0.15) is 0 Å². The zero-order chi connectivity index (χ0) is 21.0. The van der Waals surface area contributed by atoms with Crippen LogP contribution in [0.1, 0.15) is 101 Å². The molecule has 0 atom stereocenters. The molecule has 0 nitrogen and oxygen atoms in total. The second kappa shape index (κ2) is 13.4. The van der Waals surface area contributed by atoms with E-state index < -0.39 is 0 Å². The molecule has 0 aliphatic rings. The van der Waals surface area contributed by atoms with Crippen molar-refractivity contribution in [2.24, 2.45) is 5.41 Å². The number of hydrogen-bond donors (Lipinski definition) is 0. The highest BCUT2D eigenvalue weighted by Gasteiger charge is 2.22. The molecule has 156 valence electrons. The third-order valence-electron chi connectivity index (χ3n) is 3.83. The van der Waals surface area contributed by atoms with Crippen LogP contribution in [0, 0.1) is 5.41 Å². The summed E-state index contributed by atoms with van der Waals surface area (Å²) in [5.74, 6) is 2.48. The van der Waals surface area contributed by atoms with E-state index in [0.717, 1.165) is 19.3 Å². The Morgan fingerprint density at radius 1 is 0.731 bits per heavy atom. The average Bonchev–Trinajstić information content (AvgIpc) is 2.48. The largest absolute Gasteiger partial charge is 0.156 e. The second-order valence-electron chi connectivity index (χ2n) is 10.0. The lowest BCUT2D eigenvalue weighted by Crippen LogP contribution is -2.20. The van der Waals surface area contributed by atoms with Crippen molar-refractivity contribution >= 4 is 23.5 Å². The second-order valence-corrected chi connectivity index (χ2v) is 13.7. The predicted octanol–water partition coefficient (Wildman–Crippen LogP) is 9.17. The molecule has 0 saturated carbocycles. The van der Waals surface area contributed by atoms with Crippen LogP contribution in [0.25, 0.3) is 0 Å². The molecule has 0 aromatic rings. The Kier molecular flexibility index (Phi) is 14.6. The Labute approximate surface area is 175 Å². The van der Waals surface area contributed by atoms with Gasteiger partial charge in [0.25, 0.3) is 0 Å². The molecule has 0 spiro atoms. The van der Waals surface area contributed by atoms with Crippen LogP contribution in [0.3, 0.4) is 0 Å². The summed E-state index contributed by atoms with van der Waals surface area (Å²) in [6.45, 7) is 30.8. The summed E-state index contributed by atoms with van der Waals surface area (Å²) in [6, 6.07) is 0. The molecule has 0 amide bonds. The molecule has 0 aliphatic carbocycles. The highest BCUT2D eigenvalue weighted by molar-refractivity contribution is 8.00. The van der Waals surface area contributed by atoms with E-state index in [4.69, 9.17) is 0 Å². The van der Waals surface area contributed by atoms with Gasteiger partial charge in [-0.25, -0.2) is 0 Å². The summed E-state index contributed by atoms with van der Waals surface area (Å²) >= 11 is 4.10. The van der Waals surface area contributed by atoms with Gasteiger partial charge in [-0.1, -0.05) is 93.5 Å². The lowest BCUT2D eigenvalue weighted by atomic mass is 9.87. The molecule has 2 heteroatoms. The fourth-order valence-corrected chi connectivity index (χ4v) is 3.97. The zero-order valence-electron chi connectivity index (χ0n) is 19.7. The van der Waals surface area contributed by atoms with Crippen LogP contribution in [-0.4, -0.2) is 21.0 Å².